The number of hydrogen-bond acceptors (Lipinski definition) is 1. The third-order valence-electron chi connectivity index (χ3n) is 3.26. The maximum Gasteiger partial charge on any atom is 0.124 e. The Labute approximate surface area is 118 Å². The van der Waals surface area contributed by atoms with Crippen LogP contribution in [0.25, 0.3) is 0 Å². The van der Waals surface area contributed by atoms with Gasteiger partial charge in [0.25, 0.3) is 0 Å². The highest BCUT2D eigenvalue weighted by Gasteiger charge is 2.15. The summed E-state index contributed by atoms with van der Waals surface area (Å²) < 4.78 is 14.1. The van der Waals surface area contributed by atoms with Gasteiger partial charge in [0.15, 0.2) is 0 Å². The summed E-state index contributed by atoms with van der Waals surface area (Å²) in [7, 11) is 0. The number of rotatable bonds is 7. The molecule has 1 nitrogen and oxygen atoms in total. The van der Waals surface area contributed by atoms with E-state index in [0.29, 0.717) is 12.0 Å². The van der Waals surface area contributed by atoms with E-state index in [1.165, 1.54) is 6.07 Å². The molecule has 102 valence electrons. The Hall–Kier alpha value is -0.410. The summed E-state index contributed by atoms with van der Waals surface area (Å²) >= 11 is 3.34. The van der Waals surface area contributed by atoms with Gasteiger partial charge in [-0.25, -0.2) is 4.39 Å². The number of halogens is 2. The SMILES string of the molecule is CCCNC(CC)C(C)Cc1cc(F)cc(Br)c1. The lowest BCUT2D eigenvalue weighted by Gasteiger charge is -2.24. The van der Waals surface area contributed by atoms with Crippen LogP contribution in [0, 0.1) is 11.7 Å². The van der Waals surface area contributed by atoms with Crippen molar-refractivity contribution in [2.45, 2.75) is 46.1 Å². The standard InChI is InChI=1S/C15H23BrFN/c1-4-6-18-15(5-2)11(3)7-12-8-13(16)10-14(17)9-12/h8-11,15,18H,4-7H2,1-3H3. The summed E-state index contributed by atoms with van der Waals surface area (Å²) in [5.74, 6) is 0.344. The molecule has 0 radical (unpaired) electrons. The van der Waals surface area contributed by atoms with Gasteiger partial charge in [-0.2, -0.15) is 0 Å². The predicted octanol–water partition coefficient (Wildman–Crippen LogP) is 4.55. The normalized spacial score (nSPS) is 14.5. The molecule has 1 N–H and O–H groups in total. The second-order valence-corrected chi connectivity index (χ2v) is 5.84. The second kappa shape index (κ2) is 7.90. The van der Waals surface area contributed by atoms with Crippen molar-refractivity contribution in [2.75, 3.05) is 6.54 Å². The summed E-state index contributed by atoms with van der Waals surface area (Å²) in [6.07, 6.45) is 3.16. The van der Waals surface area contributed by atoms with Gasteiger partial charge in [0, 0.05) is 10.5 Å². The molecular formula is C15H23BrFN. The van der Waals surface area contributed by atoms with Crippen molar-refractivity contribution >= 4 is 15.9 Å². The van der Waals surface area contributed by atoms with E-state index < -0.39 is 0 Å². The molecule has 0 spiro atoms. The van der Waals surface area contributed by atoms with Crippen LogP contribution in [0.3, 0.4) is 0 Å². The summed E-state index contributed by atoms with van der Waals surface area (Å²) in [5, 5.41) is 3.56. The van der Waals surface area contributed by atoms with Crippen LogP contribution in [0.1, 0.15) is 39.2 Å². The molecule has 2 unspecified atom stereocenters. The second-order valence-electron chi connectivity index (χ2n) is 4.93. The maximum absolute atomic E-state index is 13.3. The van der Waals surface area contributed by atoms with E-state index in [1.807, 2.05) is 6.07 Å². The van der Waals surface area contributed by atoms with Crippen LogP contribution in [0.2, 0.25) is 0 Å². The Kier molecular flexibility index (Phi) is 6.87. The topological polar surface area (TPSA) is 12.0 Å². The van der Waals surface area contributed by atoms with Crippen molar-refractivity contribution in [2.24, 2.45) is 5.92 Å². The fraction of sp³-hybridized carbons (Fsp3) is 0.600. The lowest BCUT2D eigenvalue weighted by atomic mass is 9.92. The van der Waals surface area contributed by atoms with Gasteiger partial charge in [-0.1, -0.05) is 36.7 Å². The van der Waals surface area contributed by atoms with Gasteiger partial charge in [-0.15, -0.1) is 0 Å². The maximum atomic E-state index is 13.3. The first-order valence-electron chi connectivity index (χ1n) is 6.75. The van der Waals surface area contributed by atoms with Gasteiger partial charge >= 0.3 is 0 Å². The number of nitrogens with one attached hydrogen (secondary N) is 1. The van der Waals surface area contributed by atoms with Crippen LogP contribution >= 0.6 is 15.9 Å². The van der Waals surface area contributed by atoms with E-state index in [9.17, 15) is 4.39 Å². The summed E-state index contributed by atoms with van der Waals surface area (Å²) in [5.41, 5.74) is 1.06. The Balaban J connectivity index is 2.63. The molecule has 3 heteroatoms. The Bertz CT molecular complexity index is 347. The number of hydrogen-bond donors (Lipinski definition) is 1. The molecule has 2 atom stereocenters. The third kappa shape index (κ3) is 5.07. The van der Waals surface area contributed by atoms with E-state index in [-0.39, 0.29) is 5.82 Å². The summed E-state index contributed by atoms with van der Waals surface area (Å²) in [4.78, 5) is 0. The molecule has 0 aliphatic carbocycles. The minimum absolute atomic E-state index is 0.166. The van der Waals surface area contributed by atoms with Gasteiger partial charge in [-0.3, -0.25) is 0 Å². The van der Waals surface area contributed by atoms with Crippen molar-refractivity contribution in [3.8, 4) is 0 Å². The minimum Gasteiger partial charge on any atom is -0.314 e. The molecule has 1 aromatic rings. The van der Waals surface area contributed by atoms with Crippen molar-refractivity contribution in [1.82, 2.24) is 5.32 Å². The summed E-state index contributed by atoms with van der Waals surface area (Å²) in [6, 6.07) is 5.65. The van der Waals surface area contributed by atoms with Crippen molar-refractivity contribution in [3.05, 3.63) is 34.1 Å². The molecule has 1 rings (SSSR count). The molecule has 0 bridgehead atoms. The molecule has 18 heavy (non-hydrogen) atoms. The van der Waals surface area contributed by atoms with Gasteiger partial charge in [0.1, 0.15) is 5.82 Å². The Morgan fingerprint density at radius 2 is 2.00 bits per heavy atom. The smallest absolute Gasteiger partial charge is 0.124 e. The molecule has 0 heterocycles. The van der Waals surface area contributed by atoms with Crippen LogP contribution in [0.4, 0.5) is 4.39 Å². The lowest BCUT2D eigenvalue weighted by Crippen LogP contribution is -2.35. The first-order chi connectivity index (χ1) is 8.56. The molecule has 0 amide bonds. The Morgan fingerprint density at radius 1 is 1.28 bits per heavy atom. The van der Waals surface area contributed by atoms with Crippen molar-refractivity contribution in [1.29, 1.82) is 0 Å². The largest absolute Gasteiger partial charge is 0.314 e. The fourth-order valence-corrected chi connectivity index (χ4v) is 2.83. The number of benzene rings is 1. The van der Waals surface area contributed by atoms with Crippen molar-refractivity contribution < 1.29 is 4.39 Å². The lowest BCUT2D eigenvalue weighted by molar-refractivity contribution is 0.364. The molecule has 0 aliphatic heterocycles. The van der Waals surface area contributed by atoms with Crippen LogP contribution in [-0.2, 0) is 6.42 Å². The molecule has 0 saturated heterocycles. The average molecular weight is 316 g/mol. The van der Waals surface area contributed by atoms with E-state index in [4.69, 9.17) is 0 Å². The quantitative estimate of drug-likeness (QED) is 0.778. The zero-order chi connectivity index (χ0) is 13.5. The van der Waals surface area contributed by atoms with Gasteiger partial charge < -0.3 is 5.32 Å². The van der Waals surface area contributed by atoms with E-state index in [2.05, 4.69) is 42.0 Å². The average Bonchev–Trinajstić information content (AvgIpc) is 2.28. The van der Waals surface area contributed by atoms with Gasteiger partial charge in [0.2, 0.25) is 0 Å². The van der Waals surface area contributed by atoms with Gasteiger partial charge in [-0.05, 0) is 55.5 Å². The fourth-order valence-electron chi connectivity index (χ4n) is 2.32. The zero-order valence-electron chi connectivity index (χ0n) is 11.5. The highest BCUT2D eigenvalue weighted by Crippen LogP contribution is 2.20. The molecule has 0 aliphatic rings. The molecular weight excluding hydrogens is 293 g/mol. The molecule has 0 fully saturated rings. The highest BCUT2D eigenvalue weighted by molar-refractivity contribution is 9.10. The van der Waals surface area contributed by atoms with Crippen molar-refractivity contribution in [3.63, 3.8) is 0 Å². The first-order valence-corrected chi connectivity index (χ1v) is 7.54. The van der Waals surface area contributed by atoms with E-state index in [0.717, 1.165) is 35.8 Å². The van der Waals surface area contributed by atoms with E-state index in [1.54, 1.807) is 6.07 Å². The summed E-state index contributed by atoms with van der Waals surface area (Å²) in [6.45, 7) is 7.66. The molecule has 0 aromatic heterocycles. The van der Waals surface area contributed by atoms with E-state index >= 15 is 0 Å². The zero-order valence-corrected chi connectivity index (χ0v) is 13.1. The van der Waals surface area contributed by atoms with Crippen LogP contribution < -0.4 is 5.32 Å². The highest BCUT2D eigenvalue weighted by atomic mass is 79.9. The van der Waals surface area contributed by atoms with Crippen LogP contribution in [0.15, 0.2) is 22.7 Å². The molecule has 0 saturated carbocycles. The molecule has 1 aromatic carbocycles. The first kappa shape index (κ1) is 15.6. The third-order valence-corrected chi connectivity index (χ3v) is 3.72. The van der Waals surface area contributed by atoms with Gasteiger partial charge in [0.05, 0.1) is 0 Å². The monoisotopic (exact) mass is 315 g/mol. The Morgan fingerprint density at radius 3 is 2.56 bits per heavy atom. The van der Waals surface area contributed by atoms with Crippen LogP contribution in [-0.4, -0.2) is 12.6 Å². The minimum atomic E-state index is -0.166. The predicted molar refractivity (Wildman–Crippen MR) is 79.3 cm³/mol. The van der Waals surface area contributed by atoms with Crippen LogP contribution in [0.5, 0.6) is 0 Å².